The summed E-state index contributed by atoms with van der Waals surface area (Å²) in [5.41, 5.74) is 1.76. The van der Waals surface area contributed by atoms with Crippen molar-refractivity contribution in [3.05, 3.63) is 54.2 Å². The summed E-state index contributed by atoms with van der Waals surface area (Å²) in [5, 5.41) is 0. The summed E-state index contributed by atoms with van der Waals surface area (Å²) in [7, 11) is 0. The normalized spacial score (nSPS) is 14.7. The van der Waals surface area contributed by atoms with Crippen molar-refractivity contribution < 1.29 is 9.53 Å². The van der Waals surface area contributed by atoms with Crippen molar-refractivity contribution in [2.75, 3.05) is 42.6 Å². The van der Waals surface area contributed by atoms with Crippen molar-refractivity contribution in [2.45, 2.75) is 6.92 Å². The summed E-state index contributed by atoms with van der Waals surface area (Å²) in [6.45, 7) is 5.94. The molecule has 23 heavy (non-hydrogen) atoms. The smallest absolute Gasteiger partial charge is 0.339 e. The molecule has 0 atom stereocenters. The van der Waals surface area contributed by atoms with Gasteiger partial charge in [-0.15, -0.1) is 0 Å². The van der Waals surface area contributed by atoms with Crippen LogP contribution in [0.1, 0.15) is 17.3 Å². The fraction of sp³-hybridized carbons (Fsp3) is 0.333. The Bertz CT molecular complexity index is 635. The van der Waals surface area contributed by atoms with E-state index in [0.717, 1.165) is 32.0 Å². The van der Waals surface area contributed by atoms with Crippen LogP contribution in [0.25, 0.3) is 0 Å². The molecule has 5 heteroatoms. The van der Waals surface area contributed by atoms with Crippen LogP contribution in [-0.4, -0.2) is 43.7 Å². The van der Waals surface area contributed by atoms with Crippen molar-refractivity contribution in [1.29, 1.82) is 0 Å². The van der Waals surface area contributed by atoms with Crippen LogP contribution in [0, 0.1) is 0 Å². The van der Waals surface area contributed by atoms with E-state index in [4.69, 9.17) is 4.74 Å². The van der Waals surface area contributed by atoms with Gasteiger partial charge in [0.15, 0.2) is 0 Å². The maximum atomic E-state index is 11.6. The van der Waals surface area contributed by atoms with Crippen LogP contribution in [0.4, 0.5) is 11.5 Å². The number of pyridine rings is 1. The van der Waals surface area contributed by atoms with Crippen molar-refractivity contribution >= 4 is 17.5 Å². The Morgan fingerprint density at radius 2 is 1.74 bits per heavy atom. The first-order chi connectivity index (χ1) is 11.3. The van der Waals surface area contributed by atoms with Crippen molar-refractivity contribution in [3.8, 4) is 0 Å². The summed E-state index contributed by atoms with van der Waals surface area (Å²) < 4.78 is 4.98. The van der Waals surface area contributed by atoms with Crippen LogP contribution in [-0.2, 0) is 4.74 Å². The van der Waals surface area contributed by atoms with Gasteiger partial charge >= 0.3 is 5.97 Å². The summed E-state index contributed by atoms with van der Waals surface area (Å²) in [4.78, 5) is 20.7. The zero-order valence-electron chi connectivity index (χ0n) is 13.3. The van der Waals surface area contributed by atoms with Gasteiger partial charge in [0.05, 0.1) is 12.2 Å². The molecule has 0 saturated carbocycles. The first-order valence-electron chi connectivity index (χ1n) is 7.96. The summed E-state index contributed by atoms with van der Waals surface area (Å²) in [6, 6.07) is 14.1. The monoisotopic (exact) mass is 311 g/mol. The number of benzene rings is 1. The standard InChI is InChI=1S/C18H21N3O2/c1-2-23-18(22)15-8-9-17(19-14-15)21-12-10-20(11-13-21)16-6-4-3-5-7-16/h3-9,14H,2,10-13H2,1H3. The number of hydrogen-bond donors (Lipinski definition) is 0. The zero-order valence-corrected chi connectivity index (χ0v) is 13.3. The molecule has 2 aromatic rings. The predicted molar refractivity (Wildman–Crippen MR) is 91.1 cm³/mol. The lowest BCUT2D eigenvalue weighted by Crippen LogP contribution is -2.46. The Hall–Kier alpha value is -2.56. The van der Waals surface area contributed by atoms with E-state index in [9.17, 15) is 4.79 Å². The molecule has 0 amide bonds. The van der Waals surface area contributed by atoms with Crippen molar-refractivity contribution in [1.82, 2.24) is 4.98 Å². The van der Waals surface area contributed by atoms with Gasteiger partial charge in [-0.3, -0.25) is 0 Å². The minimum absolute atomic E-state index is 0.319. The molecule has 0 radical (unpaired) electrons. The molecular weight excluding hydrogens is 290 g/mol. The fourth-order valence-electron chi connectivity index (χ4n) is 2.74. The molecule has 1 fully saturated rings. The zero-order chi connectivity index (χ0) is 16.1. The number of aromatic nitrogens is 1. The highest BCUT2D eigenvalue weighted by molar-refractivity contribution is 5.89. The first-order valence-corrected chi connectivity index (χ1v) is 7.96. The quantitative estimate of drug-likeness (QED) is 0.812. The Morgan fingerprint density at radius 3 is 2.35 bits per heavy atom. The molecule has 0 spiro atoms. The second kappa shape index (κ2) is 7.13. The lowest BCUT2D eigenvalue weighted by Gasteiger charge is -2.36. The van der Waals surface area contributed by atoms with E-state index in [-0.39, 0.29) is 5.97 Å². The molecule has 0 aliphatic carbocycles. The van der Waals surface area contributed by atoms with Crippen LogP contribution in [0.15, 0.2) is 48.7 Å². The Labute approximate surface area is 136 Å². The second-order valence-corrected chi connectivity index (χ2v) is 5.44. The molecule has 120 valence electrons. The third kappa shape index (κ3) is 3.62. The number of rotatable bonds is 4. The molecule has 0 N–H and O–H groups in total. The van der Waals surface area contributed by atoms with Gasteiger partial charge < -0.3 is 14.5 Å². The number of esters is 1. The number of carbonyl (C=O) groups is 1. The second-order valence-electron chi connectivity index (χ2n) is 5.44. The average molecular weight is 311 g/mol. The molecule has 1 saturated heterocycles. The van der Waals surface area contributed by atoms with E-state index < -0.39 is 0 Å². The number of piperazine rings is 1. The molecule has 3 rings (SSSR count). The molecule has 1 aliphatic rings. The lowest BCUT2D eigenvalue weighted by atomic mass is 10.2. The lowest BCUT2D eigenvalue weighted by molar-refractivity contribution is 0.0526. The Balaban J connectivity index is 1.60. The van der Waals surface area contributed by atoms with E-state index in [1.807, 2.05) is 12.1 Å². The van der Waals surface area contributed by atoms with E-state index >= 15 is 0 Å². The molecule has 0 bridgehead atoms. The average Bonchev–Trinajstić information content (AvgIpc) is 2.63. The molecule has 1 aromatic heterocycles. The number of carbonyl (C=O) groups excluding carboxylic acids is 1. The van der Waals surface area contributed by atoms with Gasteiger partial charge in [-0.25, -0.2) is 9.78 Å². The highest BCUT2D eigenvalue weighted by atomic mass is 16.5. The van der Waals surface area contributed by atoms with Gasteiger partial charge in [-0.2, -0.15) is 0 Å². The summed E-state index contributed by atoms with van der Waals surface area (Å²) >= 11 is 0. The molecule has 0 unspecified atom stereocenters. The van der Waals surface area contributed by atoms with Crippen molar-refractivity contribution in [3.63, 3.8) is 0 Å². The highest BCUT2D eigenvalue weighted by Gasteiger charge is 2.18. The maximum absolute atomic E-state index is 11.6. The highest BCUT2D eigenvalue weighted by Crippen LogP contribution is 2.19. The van der Waals surface area contributed by atoms with Crippen LogP contribution in [0.2, 0.25) is 0 Å². The molecule has 5 nitrogen and oxygen atoms in total. The largest absolute Gasteiger partial charge is 0.462 e. The van der Waals surface area contributed by atoms with Gasteiger partial charge in [0, 0.05) is 38.1 Å². The molecular formula is C18H21N3O2. The molecule has 1 aliphatic heterocycles. The van der Waals surface area contributed by atoms with Crippen LogP contribution in [0.5, 0.6) is 0 Å². The predicted octanol–water partition coefficient (Wildman–Crippen LogP) is 2.58. The Kier molecular flexibility index (Phi) is 4.76. The van der Waals surface area contributed by atoms with Gasteiger partial charge in [0.25, 0.3) is 0 Å². The summed E-state index contributed by atoms with van der Waals surface area (Å²) in [6.07, 6.45) is 1.59. The van der Waals surface area contributed by atoms with E-state index in [1.54, 1.807) is 19.2 Å². The number of anilines is 2. The van der Waals surface area contributed by atoms with Gasteiger partial charge in [-0.1, -0.05) is 18.2 Å². The minimum atomic E-state index is -0.319. The van der Waals surface area contributed by atoms with Crippen LogP contribution < -0.4 is 9.80 Å². The first kappa shape index (κ1) is 15.3. The van der Waals surface area contributed by atoms with Gasteiger partial charge in [0.1, 0.15) is 5.82 Å². The topological polar surface area (TPSA) is 45.7 Å². The van der Waals surface area contributed by atoms with E-state index in [1.165, 1.54) is 5.69 Å². The number of ether oxygens (including phenoxy) is 1. The Morgan fingerprint density at radius 1 is 1.04 bits per heavy atom. The van der Waals surface area contributed by atoms with E-state index in [2.05, 4.69) is 39.0 Å². The van der Waals surface area contributed by atoms with Gasteiger partial charge in [0.2, 0.25) is 0 Å². The number of hydrogen-bond acceptors (Lipinski definition) is 5. The number of nitrogens with zero attached hydrogens (tertiary/aromatic N) is 3. The molecule has 1 aromatic carbocycles. The SMILES string of the molecule is CCOC(=O)c1ccc(N2CCN(c3ccccc3)CC2)nc1. The van der Waals surface area contributed by atoms with Crippen LogP contribution in [0.3, 0.4) is 0 Å². The van der Waals surface area contributed by atoms with E-state index in [0.29, 0.717) is 12.2 Å². The van der Waals surface area contributed by atoms with Gasteiger partial charge in [-0.05, 0) is 31.2 Å². The maximum Gasteiger partial charge on any atom is 0.339 e. The van der Waals surface area contributed by atoms with Crippen LogP contribution >= 0.6 is 0 Å². The minimum Gasteiger partial charge on any atom is -0.462 e. The molecule has 2 heterocycles. The summed E-state index contributed by atoms with van der Waals surface area (Å²) in [5.74, 6) is 0.589. The third-order valence-corrected chi connectivity index (χ3v) is 3.98. The van der Waals surface area contributed by atoms with Crippen molar-refractivity contribution in [2.24, 2.45) is 0 Å². The number of para-hydroxylation sites is 1. The fourth-order valence-corrected chi connectivity index (χ4v) is 2.74. The third-order valence-electron chi connectivity index (χ3n) is 3.98.